The Morgan fingerprint density at radius 1 is 1.07 bits per heavy atom. The largest absolute Gasteiger partial charge is 0.341 e. The molecule has 1 aliphatic heterocycles. The Kier molecular flexibility index (Phi) is 4.78. The monoisotopic (exact) mass is 384 g/mol. The molecule has 1 saturated carbocycles. The molecule has 142 valence electrons. The SMILES string of the molecule is CS(=O)(=O)N[C@H]1CCN(C(=O)[C@@H]2C[C@H]2c2ccccc2-c2ccccc2)C1. The zero-order valence-corrected chi connectivity index (χ0v) is 16.2. The van der Waals surface area contributed by atoms with E-state index in [2.05, 4.69) is 29.0 Å². The Balaban J connectivity index is 1.46. The minimum Gasteiger partial charge on any atom is -0.341 e. The van der Waals surface area contributed by atoms with Crippen LogP contribution in [0.4, 0.5) is 0 Å². The molecule has 5 nitrogen and oxygen atoms in total. The topological polar surface area (TPSA) is 66.5 Å². The van der Waals surface area contributed by atoms with Crippen molar-refractivity contribution in [1.82, 2.24) is 9.62 Å². The Morgan fingerprint density at radius 3 is 2.52 bits per heavy atom. The molecule has 0 bridgehead atoms. The van der Waals surface area contributed by atoms with Crippen LogP contribution in [-0.4, -0.2) is 44.6 Å². The summed E-state index contributed by atoms with van der Waals surface area (Å²) < 4.78 is 25.4. The number of nitrogens with one attached hydrogen (secondary N) is 1. The normalized spacial score (nSPS) is 24.8. The van der Waals surface area contributed by atoms with Gasteiger partial charge in [-0.25, -0.2) is 13.1 Å². The van der Waals surface area contributed by atoms with Gasteiger partial charge in [0.2, 0.25) is 15.9 Å². The average Bonchev–Trinajstić information content (AvgIpc) is 3.32. The maximum Gasteiger partial charge on any atom is 0.226 e. The minimum atomic E-state index is -3.24. The van der Waals surface area contributed by atoms with Crippen LogP contribution in [0.3, 0.4) is 0 Å². The van der Waals surface area contributed by atoms with Gasteiger partial charge in [0.15, 0.2) is 0 Å². The lowest BCUT2D eigenvalue weighted by molar-refractivity contribution is -0.131. The molecule has 2 aromatic rings. The summed E-state index contributed by atoms with van der Waals surface area (Å²) in [4.78, 5) is 14.7. The molecule has 6 heteroatoms. The van der Waals surface area contributed by atoms with Crippen molar-refractivity contribution in [3.05, 3.63) is 60.2 Å². The van der Waals surface area contributed by atoms with E-state index < -0.39 is 10.0 Å². The lowest BCUT2D eigenvalue weighted by atomic mass is 9.96. The highest BCUT2D eigenvalue weighted by molar-refractivity contribution is 7.88. The molecule has 2 fully saturated rings. The van der Waals surface area contributed by atoms with Crippen molar-refractivity contribution in [2.24, 2.45) is 5.92 Å². The molecular weight excluding hydrogens is 360 g/mol. The second-order valence-corrected chi connectivity index (χ2v) is 9.34. The first-order chi connectivity index (χ1) is 12.9. The van der Waals surface area contributed by atoms with E-state index in [4.69, 9.17) is 0 Å². The Labute approximate surface area is 160 Å². The van der Waals surface area contributed by atoms with E-state index in [0.29, 0.717) is 19.5 Å². The quantitative estimate of drug-likeness (QED) is 0.862. The van der Waals surface area contributed by atoms with Crippen molar-refractivity contribution >= 4 is 15.9 Å². The summed E-state index contributed by atoms with van der Waals surface area (Å²) in [5, 5.41) is 0. The molecule has 0 radical (unpaired) electrons. The van der Waals surface area contributed by atoms with Crippen LogP contribution < -0.4 is 4.72 Å². The fraction of sp³-hybridized carbons (Fsp3) is 0.381. The summed E-state index contributed by atoms with van der Waals surface area (Å²) >= 11 is 0. The molecule has 2 aromatic carbocycles. The molecule has 1 saturated heterocycles. The Bertz CT molecular complexity index is 943. The number of carbonyl (C=O) groups excluding carboxylic acids is 1. The highest BCUT2D eigenvalue weighted by atomic mass is 32.2. The van der Waals surface area contributed by atoms with Crippen molar-refractivity contribution in [2.75, 3.05) is 19.3 Å². The van der Waals surface area contributed by atoms with E-state index in [1.54, 1.807) is 0 Å². The molecule has 0 aromatic heterocycles. The maximum atomic E-state index is 12.9. The van der Waals surface area contributed by atoms with E-state index in [-0.39, 0.29) is 23.8 Å². The maximum absolute atomic E-state index is 12.9. The minimum absolute atomic E-state index is 0.00634. The molecule has 0 unspecified atom stereocenters. The number of likely N-dealkylation sites (tertiary alicyclic amines) is 1. The molecule has 0 spiro atoms. The second-order valence-electron chi connectivity index (χ2n) is 7.56. The molecule has 4 rings (SSSR count). The average molecular weight is 385 g/mol. The van der Waals surface area contributed by atoms with Crippen LogP contribution in [0.15, 0.2) is 54.6 Å². The van der Waals surface area contributed by atoms with Gasteiger partial charge in [0.05, 0.1) is 6.26 Å². The molecule has 1 heterocycles. The van der Waals surface area contributed by atoms with Crippen molar-refractivity contribution in [3.63, 3.8) is 0 Å². The highest BCUT2D eigenvalue weighted by Crippen LogP contribution is 2.51. The first kappa shape index (κ1) is 18.2. The van der Waals surface area contributed by atoms with E-state index in [1.165, 1.54) is 16.7 Å². The summed E-state index contributed by atoms with van der Waals surface area (Å²) in [6, 6.07) is 18.4. The van der Waals surface area contributed by atoms with Crippen LogP contribution in [0.1, 0.15) is 24.3 Å². The number of sulfonamides is 1. The van der Waals surface area contributed by atoms with Crippen LogP contribution in [0.25, 0.3) is 11.1 Å². The van der Waals surface area contributed by atoms with Gasteiger partial charge in [0.25, 0.3) is 0 Å². The van der Waals surface area contributed by atoms with Gasteiger partial charge in [-0.1, -0.05) is 54.6 Å². The zero-order valence-electron chi connectivity index (χ0n) is 15.3. The number of rotatable bonds is 5. The smallest absolute Gasteiger partial charge is 0.226 e. The standard InChI is InChI=1S/C21H24N2O3S/c1-27(25,26)22-16-11-12-23(14-16)21(24)20-13-19(20)18-10-6-5-9-17(18)15-7-3-2-4-8-15/h2-10,16,19-20,22H,11-14H2,1H3/t16-,19-,20+/m0/s1. The third-order valence-electron chi connectivity index (χ3n) is 5.43. The third-order valence-corrected chi connectivity index (χ3v) is 6.19. The van der Waals surface area contributed by atoms with Gasteiger partial charge < -0.3 is 4.90 Å². The van der Waals surface area contributed by atoms with Gasteiger partial charge in [-0.2, -0.15) is 0 Å². The molecule has 1 N–H and O–H groups in total. The Morgan fingerprint density at radius 2 is 1.78 bits per heavy atom. The molecule has 2 aliphatic rings. The number of nitrogens with zero attached hydrogens (tertiary/aromatic N) is 1. The fourth-order valence-electron chi connectivity index (χ4n) is 4.11. The zero-order chi connectivity index (χ0) is 19.0. The van der Waals surface area contributed by atoms with E-state index in [9.17, 15) is 13.2 Å². The second kappa shape index (κ2) is 7.09. The van der Waals surface area contributed by atoms with Gasteiger partial charge in [-0.05, 0) is 35.4 Å². The fourth-order valence-corrected chi connectivity index (χ4v) is 4.90. The van der Waals surface area contributed by atoms with Crippen molar-refractivity contribution < 1.29 is 13.2 Å². The predicted molar refractivity (Wildman–Crippen MR) is 106 cm³/mol. The molecule has 1 amide bonds. The Hall–Kier alpha value is -2.18. The van der Waals surface area contributed by atoms with Gasteiger partial charge in [0, 0.05) is 25.0 Å². The van der Waals surface area contributed by atoms with E-state index >= 15 is 0 Å². The van der Waals surface area contributed by atoms with Gasteiger partial charge in [-0.3, -0.25) is 4.79 Å². The van der Waals surface area contributed by atoms with Crippen molar-refractivity contribution in [1.29, 1.82) is 0 Å². The lowest BCUT2D eigenvalue weighted by Crippen LogP contribution is -2.38. The van der Waals surface area contributed by atoms with Crippen LogP contribution >= 0.6 is 0 Å². The van der Waals surface area contributed by atoms with Crippen LogP contribution in [0, 0.1) is 5.92 Å². The summed E-state index contributed by atoms with van der Waals surface area (Å²) in [6.45, 7) is 1.09. The predicted octanol–water partition coefficient (Wildman–Crippen LogP) is 2.61. The van der Waals surface area contributed by atoms with Crippen molar-refractivity contribution in [3.8, 4) is 11.1 Å². The first-order valence-electron chi connectivity index (χ1n) is 9.33. The number of hydrogen-bond donors (Lipinski definition) is 1. The van der Waals surface area contributed by atoms with Gasteiger partial charge in [-0.15, -0.1) is 0 Å². The highest BCUT2D eigenvalue weighted by Gasteiger charge is 2.47. The van der Waals surface area contributed by atoms with Crippen molar-refractivity contribution in [2.45, 2.75) is 24.8 Å². The molecular formula is C21H24N2O3S. The van der Waals surface area contributed by atoms with Gasteiger partial charge >= 0.3 is 0 Å². The van der Waals surface area contributed by atoms with E-state index in [0.717, 1.165) is 12.7 Å². The summed E-state index contributed by atoms with van der Waals surface area (Å²) in [7, 11) is -3.24. The molecule has 3 atom stereocenters. The van der Waals surface area contributed by atoms with E-state index in [1.807, 2.05) is 35.2 Å². The summed E-state index contributed by atoms with van der Waals surface area (Å²) in [5.74, 6) is 0.406. The molecule has 27 heavy (non-hydrogen) atoms. The van der Waals surface area contributed by atoms with Crippen LogP contribution in [0.5, 0.6) is 0 Å². The number of hydrogen-bond acceptors (Lipinski definition) is 3. The number of carbonyl (C=O) groups is 1. The lowest BCUT2D eigenvalue weighted by Gasteiger charge is -2.17. The first-order valence-corrected chi connectivity index (χ1v) is 11.2. The van der Waals surface area contributed by atoms with Gasteiger partial charge in [0.1, 0.15) is 0 Å². The number of benzene rings is 2. The van der Waals surface area contributed by atoms with Crippen LogP contribution in [-0.2, 0) is 14.8 Å². The molecule has 1 aliphatic carbocycles. The number of amides is 1. The summed E-state index contributed by atoms with van der Waals surface area (Å²) in [6.07, 6.45) is 2.70. The van der Waals surface area contributed by atoms with Crippen LogP contribution in [0.2, 0.25) is 0 Å². The third kappa shape index (κ3) is 4.06. The summed E-state index contributed by atoms with van der Waals surface area (Å²) in [5.41, 5.74) is 3.59.